The molecule has 24 heavy (non-hydrogen) atoms. The van der Waals surface area contributed by atoms with E-state index < -0.39 is 6.04 Å². The van der Waals surface area contributed by atoms with Crippen LogP contribution in [0, 0.1) is 12.7 Å². The molecule has 1 aromatic heterocycles. The molecule has 0 bridgehead atoms. The lowest BCUT2D eigenvalue weighted by atomic mass is 10.1. The summed E-state index contributed by atoms with van der Waals surface area (Å²) in [6.07, 6.45) is 2.46. The number of halogens is 1. The van der Waals surface area contributed by atoms with Crippen molar-refractivity contribution in [3.63, 3.8) is 0 Å². The summed E-state index contributed by atoms with van der Waals surface area (Å²) in [7, 11) is 0. The minimum atomic E-state index is -0.504. The highest BCUT2D eigenvalue weighted by molar-refractivity contribution is 7.17. The third kappa shape index (κ3) is 3.62. The van der Waals surface area contributed by atoms with Gasteiger partial charge in [-0.25, -0.2) is 9.37 Å². The molecule has 1 atom stereocenters. The zero-order valence-electron chi connectivity index (χ0n) is 13.3. The van der Waals surface area contributed by atoms with E-state index >= 15 is 0 Å². The van der Waals surface area contributed by atoms with Crippen LogP contribution in [-0.2, 0) is 4.79 Å². The topological polar surface area (TPSA) is 71.1 Å². The molecule has 2 heterocycles. The molecule has 1 aromatic carbocycles. The van der Waals surface area contributed by atoms with E-state index in [2.05, 4.69) is 15.6 Å². The van der Waals surface area contributed by atoms with Gasteiger partial charge in [-0.15, -0.1) is 11.3 Å². The van der Waals surface area contributed by atoms with E-state index in [1.807, 2.05) is 0 Å². The van der Waals surface area contributed by atoms with Crippen LogP contribution in [0.25, 0.3) is 10.6 Å². The van der Waals surface area contributed by atoms with Crippen molar-refractivity contribution >= 4 is 23.2 Å². The maximum absolute atomic E-state index is 13.0. The van der Waals surface area contributed by atoms with Crippen LogP contribution in [0.5, 0.6) is 0 Å². The zero-order valence-corrected chi connectivity index (χ0v) is 14.1. The van der Waals surface area contributed by atoms with Crippen LogP contribution in [0.3, 0.4) is 0 Å². The predicted molar refractivity (Wildman–Crippen MR) is 90.4 cm³/mol. The van der Waals surface area contributed by atoms with Gasteiger partial charge in [0.15, 0.2) is 0 Å². The van der Waals surface area contributed by atoms with Crippen LogP contribution in [0.1, 0.15) is 34.6 Å². The SMILES string of the molecule is Cc1nc(-c2ccc(F)cc2)sc1C(=O)N[C@@H]1CCCCNC1=O. The molecule has 2 aromatic rings. The second kappa shape index (κ2) is 7.09. The van der Waals surface area contributed by atoms with Crippen molar-refractivity contribution in [1.82, 2.24) is 15.6 Å². The number of aryl methyl sites for hydroxylation is 1. The molecule has 1 fully saturated rings. The molecule has 3 rings (SSSR count). The Morgan fingerprint density at radius 1 is 1.33 bits per heavy atom. The number of carbonyl (C=O) groups is 2. The van der Waals surface area contributed by atoms with Crippen molar-refractivity contribution in [3.05, 3.63) is 40.7 Å². The summed E-state index contributed by atoms with van der Waals surface area (Å²) in [6.45, 7) is 2.41. The van der Waals surface area contributed by atoms with Gasteiger partial charge < -0.3 is 10.6 Å². The first-order valence-electron chi connectivity index (χ1n) is 7.86. The van der Waals surface area contributed by atoms with Gasteiger partial charge in [0.05, 0.1) is 5.69 Å². The van der Waals surface area contributed by atoms with E-state index in [9.17, 15) is 14.0 Å². The fraction of sp³-hybridized carbons (Fsp3) is 0.353. The molecule has 1 aliphatic rings. The van der Waals surface area contributed by atoms with Gasteiger partial charge in [-0.3, -0.25) is 9.59 Å². The molecular weight excluding hydrogens is 329 g/mol. The van der Waals surface area contributed by atoms with E-state index in [1.165, 1.54) is 23.5 Å². The minimum absolute atomic E-state index is 0.137. The molecular formula is C17H18FN3O2S. The van der Waals surface area contributed by atoms with Gasteiger partial charge in [0.1, 0.15) is 21.7 Å². The summed E-state index contributed by atoms with van der Waals surface area (Å²) in [5.41, 5.74) is 1.36. The van der Waals surface area contributed by atoms with Crippen LogP contribution in [0.4, 0.5) is 4.39 Å². The molecule has 0 aliphatic carbocycles. The minimum Gasteiger partial charge on any atom is -0.354 e. The number of hydrogen-bond donors (Lipinski definition) is 2. The molecule has 5 nitrogen and oxygen atoms in total. The third-order valence-electron chi connectivity index (χ3n) is 3.93. The fourth-order valence-electron chi connectivity index (χ4n) is 2.62. The number of hydrogen-bond acceptors (Lipinski definition) is 4. The van der Waals surface area contributed by atoms with Crippen LogP contribution in [-0.4, -0.2) is 29.4 Å². The van der Waals surface area contributed by atoms with Gasteiger partial charge >= 0.3 is 0 Å². The van der Waals surface area contributed by atoms with E-state index in [1.54, 1.807) is 19.1 Å². The van der Waals surface area contributed by atoms with Gasteiger partial charge in [0.2, 0.25) is 5.91 Å². The number of thiazole rings is 1. The highest BCUT2D eigenvalue weighted by Gasteiger charge is 2.25. The summed E-state index contributed by atoms with van der Waals surface area (Å²) in [5, 5.41) is 6.26. The molecule has 1 aliphatic heterocycles. The first-order chi connectivity index (χ1) is 11.5. The van der Waals surface area contributed by atoms with Crippen molar-refractivity contribution in [2.75, 3.05) is 6.54 Å². The van der Waals surface area contributed by atoms with E-state index in [4.69, 9.17) is 0 Å². The summed E-state index contributed by atoms with van der Waals surface area (Å²) < 4.78 is 13.0. The molecule has 2 amide bonds. The standard InChI is InChI=1S/C17H18FN3O2S/c1-10-14(16(23)21-13-4-2-3-9-19-15(13)22)24-17(20-10)11-5-7-12(18)8-6-11/h5-8,13H,2-4,9H2,1H3,(H,19,22)(H,21,23)/t13-/m1/s1. The number of nitrogens with one attached hydrogen (secondary N) is 2. The van der Waals surface area contributed by atoms with Crippen molar-refractivity contribution in [1.29, 1.82) is 0 Å². The molecule has 7 heteroatoms. The fourth-order valence-corrected chi connectivity index (χ4v) is 3.60. The molecule has 1 saturated heterocycles. The highest BCUT2D eigenvalue weighted by atomic mass is 32.1. The second-order valence-electron chi connectivity index (χ2n) is 5.75. The van der Waals surface area contributed by atoms with Crippen LogP contribution < -0.4 is 10.6 Å². The molecule has 0 spiro atoms. The smallest absolute Gasteiger partial charge is 0.263 e. The highest BCUT2D eigenvalue weighted by Crippen LogP contribution is 2.28. The number of carbonyl (C=O) groups excluding carboxylic acids is 2. The molecule has 0 unspecified atom stereocenters. The number of amides is 2. The van der Waals surface area contributed by atoms with Gasteiger partial charge in [-0.1, -0.05) is 0 Å². The quantitative estimate of drug-likeness (QED) is 0.897. The Labute approximate surface area is 143 Å². The van der Waals surface area contributed by atoms with Crippen molar-refractivity contribution in [3.8, 4) is 10.6 Å². The number of benzene rings is 1. The Bertz CT molecular complexity index is 758. The Hall–Kier alpha value is -2.28. The maximum Gasteiger partial charge on any atom is 0.263 e. The van der Waals surface area contributed by atoms with Gasteiger partial charge in [0, 0.05) is 12.1 Å². The lowest BCUT2D eigenvalue weighted by molar-refractivity contribution is -0.122. The predicted octanol–water partition coefficient (Wildman–Crippen LogP) is 2.66. The molecule has 0 saturated carbocycles. The Morgan fingerprint density at radius 3 is 2.83 bits per heavy atom. The number of nitrogens with zero attached hydrogens (tertiary/aromatic N) is 1. The third-order valence-corrected chi connectivity index (χ3v) is 5.14. The van der Waals surface area contributed by atoms with Crippen LogP contribution in [0.15, 0.2) is 24.3 Å². The average Bonchev–Trinajstić information content (AvgIpc) is 2.84. The lowest BCUT2D eigenvalue weighted by Crippen LogP contribution is -2.45. The maximum atomic E-state index is 13.0. The van der Waals surface area contributed by atoms with E-state index in [-0.39, 0.29) is 17.6 Å². The number of rotatable bonds is 3. The van der Waals surface area contributed by atoms with Crippen molar-refractivity contribution in [2.45, 2.75) is 32.2 Å². The number of aromatic nitrogens is 1. The average molecular weight is 347 g/mol. The van der Waals surface area contributed by atoms with Crippen LogP contribution in [0.2, 0.25) is 0 Å². The monoisotopic (exact) mass is 347 g/mol. The first kappa shape index (κ1) is 16.6. The van der Waals surface area contributed by atoms with Gasteiger partial charge in [0.25, 0.3) is 5.91 Å². The van der Waals surface area contributed by atoms with Crippen LogP contribution >= 0.6 is 11.3 Å². The van der Waals surface area contributed by atoms with E-state index in [0.717, 1.165) is 18.4 Å². The van der Waals surface area contributed by atoms with Crippen molar-refractivity contribution in [2.24, 2.45) is 0 Å². The summed E-state index contributed by atoms with van der Waals surface area (Å²) in [5.74, 6) is -0.744. The Balaban J connectivity index is 1.77. The normalized spacial score (nSPS) is 17.9. The largest absolute Gasteiger partial charge is 0.354 e. The van der Waals surface area contributed by atoms with Gasteiger partial charge in [-0.2, -0.15) is 0 Å². The molecule has 0 radical (unpaired) electrons. The van der Waals surface area contributed by atoms with Gasteiger partial charge in [-0.05, 0) is 50.5 Å². The van der Waals surface area contributed by atoms with Crippen molar-refractivity contribution < 1.29 is 14.0 Å². The molecule has 2 N–H and O–H groups in total. The first-order valence-corrected chi connectivity index (χ1v) is 8.68. The lowest BCUT2D eigenvalue weighted by Gasteiger charge is -2.14. The molecule has 126 valence electrons. The zero-order chi connectivity index (χ0) is 17.1. The summed E-state index contributed by atoms with van der Waals surface area (Å²) in [4.78, 5) is 29.3. The second-order valence-corrected chi connectivity index (χ2v) is 6.75. The summed E-state index contributed by atoms with van der Waals surface area (Å²) in [6, 6.07) is 5.49. The Morgan fingerprint density at radius 2 is 2.08 bits per heavy atom. The summed E-state index contributed by atoms with van der Waals surface area (Å²) >= 11 is 1.24. The Kier molecular flexibility index (Phi) is 4.89. The van der Waals surface area contributed by atoms with E-state index in [0.29, 0.717) is 28.5 Å².